The Bertz CT molecular complexity index is 220. The van der Waals surface area contributed by atoms with Crippen molar-refractivity contribution in [3.05, 3.63) is 33.8 Å². The van der Waals surface area contributed by atoms with Gasteiger partial charge in [-0.3, -0.25) is 0 Å². The highest BCUT2D eigenvalue weighted by Gasteiger charge is 2.00. The molecule has 0 aliphatic carbocycles. The summed E-state index contributed by atoms with van der Waals surface area (Å²) in [6, 6.07) is 6.35. The van der Waals surface area contributed by atoms with Crippen molar-refractivity contribution in [3.63, 3.8) is 0 Å². The summed E-state index contributed by atoms with van der Waals surface area (Å²) < 4.78 is 1.25. The van der Waals surface area contributed by atoms with Crippen LogP contribution in [0.3, 0.4) is 0 Å². The predicted octanol–water partition coefficient (Wildman–Crippen LogP) is 3.71. The Kier molecular flexibility index (Phi) is 3.13. The van der Waals surface area contributed by atoms with Gasteiger partial charge in [0.05, 0.1) is 0 Å². The lowest BCUT2D eigenvalue weighted by Crippen LogP contribution is -1.89. The first-order chi connectivity index (χ1) is 5.25. The molecule has 0 radical (unpaired) electrons. The molecule has 0 nitrogen and oxygen atoms in total. The number of halogens is 1. The van der Waals surface area contributed by atoms with Crippen LogP contribution < -0.4 is 0 Å². The number of benzene rings is 1. The molecule has 0 spiro atoms. The lowest BCUT2D eigenvalue weighted by Gasteiger charge is -2.05. The number of aryl methyl sites for hydroxylation is 1. The van der Waals surface area contributed by atoms with E-state index in [4.69, 9.17) is 0 Å². The molecule has 0 saturated heterocycles. The maximum Gasteiger partial charge on any atom is 0.0209 e. The maximum absolute atomic E-state index is 3.55. The van der Waals surface area contributed by atoms with E-state index in [1.54, 1.807) is 0 Å². The van der Waals surface area contributed by atoms with Gasteiger partial charge in [0.2, 0.25) is 0 Å². The Balaban J connectivity index is 3.00. The van der Waals surface area contributed by atoms with Crippen molar-refractivity contribution >= 4 is 15.9 Å². The highest BCUT2D eigenvalue weighted by Crippen LogP contribution is 2.21. The fourth-order valence-electron chi connectivity index (χ4n) is 1.23. The quantitative estimate of drug-likeness (QED) is 0.702. The average molecular weight is 213 g/mol. The highest BCUT2D eigenvalue weighted by molar-refractivity contribution is 9.10. The summed E-state index contributed by atoms with van der Waals surface area (Å²) in [6.45, 7) is 4.37. The summed E-state index contributed by atoms with van der Waals surface area (Å²) in [5, 5.41) is 0. The summed E-state index contributed by atoms with van der Waals surface area (Å²) in [7, 11) is 0. The molecule has 1 aromatic carbocycles. The van der Waals surface area contributed by atoms with Crippen LogP contribution in [0.15, 0.2) is 22.7 Å². The van der Waals surface area contributed by atoms with Crippen molar-refractivity contribution in [1.82, 2.24) is 0 Å². The molecule has 0 atom stereocenters. The topological polar surface area (TPSA) is 0 Å². The highest BCUT2D eigenvalue weighted by atomic mass is 79.9. The van der Waals surface area contributed by atoms with Gasteiger partial charge in [0, 0.05) is 4.47 Å². The summed E-state index contributed by atoms with van der Waals surface area (Å²) in [4.78, 5) is 0. The summed E-state index contributed by atoms with van der Waals surface area (Å²) >= 11 is 3.55. The van der Waals surface area contributed by atoms with E-state index < -0.39 is 0 Å². The SMILES string of the molecule is CCCc1c(C)cccc1Br. The normalized spacial score (nSPS) is 10.1. The van der Waals surface area contributed by atoms with Gasteiger partial charge in [-0.1, -0.05) is 41.4 Å². The third-order valence-electron chi connectivity index (χ3n) is 1.85. The molecule has 0 aliphatic rings. The van der Waals surface area contributed by atoms with E-state index in [0.29, 0.717) is 0 Å². The van der Waals surface area contributed by atoms with Crippen LogP contribution >= 0.6 is 15.9 Å². The maximum atomic E-state index is 3.55. The third-order valence-corrected chi connectivity index (χ3v) is 2.60. The van der Waals surface area contributed by atoms with E-state index in [1.807, 2.05) is 0 Å². The van der Waals surface area contributed by atoms with Gasteiger partial charge in [0.1, 0.15) is 0 Å². The summed E-state index contributed by atoms with van der Waals surface area (Å²) in [6.07, 6.45) is 2.39. The number of rotatable bonds is 2. The van der Waals surface area contributed by atoms with Crippen LogP contribution in [0, 0.1) is 6.92 Å². The number of hydrogen-bond acceptors (Lipinski definition) is 0. The zero-order valence-electron chi connectivity index (χ0n) is 7.02. The molecule has 60 valence electrons. The van der Waals surface area contributed by atoms with Crippen molar-refractivity contribution in [2.24, 2.45) is 0 Å². The third kappa shape index (κ3) is 2.06. The van der Waals surface area contributed by atoms with E-state index in [0.717, 1.165) is 0 Å². The fourth-order valence-corrected chi connectivity index (χ4v) is 1.90. The second kappa shape index (κ2) is 3.91. The van der Waals surface area contributed by atoms with Crippen molar-refractivity contribution in [3.8, 4) is 0 Å². The average Bonchev–Trinajstić information content (AvgIpc) is 1.97. The van der Waals surface area contributed by atoms with Gasteiger partial charge >= 0.3 is 0 Å². The van der Waals surface area contributed by atoms with Crippen molar-refractivity contribution in [1.29, 1.82) is 0 Å². The van der Waals surface area contributed by atoms with Crippen LogP contribution in [-0.4, -0.2) is 0 Å². The molecule has 0 unspecified atom stereocenters. The molecule has 0 amide bonds. The van der Waals surface area contributed by atoms with E-state index in [2.05, 4.69) is 48.0 Å². The largest absolute Gasteiger partial charge is 0.0651 e. The van der Waals surface area contributed by atoms with Gasteiger partial charge < -0.3 is 0 Å². The van der Waals surface area contributed by atoms with E-state index >= 15 is 0 Å². The molecule has 0 aliphatic heterocycles. The minimum atomic E-state index is 1.17. The first kappa shape index (κ1) is 8.79. The zero-order valence-corrected chi connectivity index (χ0v) is 8.61. The Labute approximate surface area is 76.8 Å². The van der Waals surface area contributed by atoms with Crippen molar-refractivity contribution < 1.29 is 0 Å². The van der Waals surface area contributed by atoms with Crippen LogP contribution in [0.5, 0.6) is 0 Å². The smallest absolute Gasteiger partial charge is 0.0209 e. The molecule has 0 N–H and O–H groups in total. The van der Waals surface area contributed by atoms with Gasteiger partial charge in [-0.25, -0.2) is 0 Å². The molecular formula is C10H13Br. The van der Waals surface area contributed by atoms with Gasteiger partial charge in [-0.15, -0.1) is 0 Å². The first-order valence-electron chi connectivity index (χ1n) is 3.99. The molecule has 0 heterocycles. The molecule has 11 heavy (non-hydrogen) atoms. The second-order valence-electron chi connectivity index (χ2n) is 2.79. The zero-order chi connectivity index (χ0) is 8.27. The fraction of sp³-hybridized carbons (Fsp3) is 0.400. The minimum absolute atomic E-state index is 1.17. The van der Waals surface area contributed by atoms with Crippen molar-refractivity contribution in [2.45, 2.75) is 26.7 Å². The van der Waals surface area contributed by atoms with Gasteiger partial charge in [-0.2, -0.15) is 0 Å². The van der Waals surface area contributed by atoms with Crippen LogP contribution in [0.25, 0.3) is 0 Å². The number of hydrogen-bond donors (Lipinski definition) is 0. The second-order valence-corrected chi connectivity index (χ2v) is 3.64. The van der Waals surface area contributed by atoms with Gasteiger partial charge in [0.15, 0.2) is 0 Å². The minimum Gasteiger partial charge on any atom is -0.0651 e. The Morgan fingerprint density at radius 3 is 2.64 bits per heavy atom. The Morgan fingerprint density at radius 2 is 2.09 bits per heavy atom. The predicted molar refractivity (Wildman–Crippen MR) is 52.9 cm³/mol. The first-order valence-corrected chi connectivity index (χ1v) is 4.79. The molecule has 1 rings (SSSR count). The van der Waals surface area contributed by atoms with Crippen LogP contribution in [0.2, 0.25) is 0 Å². The van der Waals surface area contributed by atoms with Crippen LogP contribution in [0.1, 0.15) is 24.5 Å². The van der Waals surface area contributed by atoms with Crippen molar-refractivity contribution in [2.75, 3.05) is 0 Å². The lowest BCUT2D eigenvalue weighted by molar-refractivity contribution is 0.907. The van der Waals surface area contributed by atoms with Gasteiger partial charge in [0.25, 0.3) is 0 Å². The van der Waals surface area contributed by atoms with E-state index in [-0.39, 0.29) is 0 Å². The van der Waals surface area contributed by atoms with E-state index in [1.165, 1.54) is 28.4 Å². The van der Waals surface area contributed by atoms with E-state index in [9.17, 15) is 0 Å². The standard InChI is InChI=1S/C10H13Br/c1-3-5-9-8(2)6-4-7-10(9)11/h4,6-7H,3,5H2,1-2H3. The molecular weight excluding hydrogens is 200 g/mol. The monoisotopic (exact) mass is 212 g/mol. The molecule has 1 aromatic rings. The molecule has 0 bridgehead atoms. The van der Waals surface area contributed by atoms with Crippen LogP contribution in [-0.2, 0) is 6.42 Å². The van der Waals surface area contributed by atoms with Crippen LogP contribution in [0.4, 0.5) is 0 Å². The molecule has 1 heteroatoms. The molecule has 0 saturated carbocycles. The summed E-state index contributed by atoms with van der Waals surface area (Å²) in [5.41, 5.74) is 2.84. The lowest BCUT2D eigenvalue weighted by atomic mass is 10.1. The molecule has 0 aromatic heterocycles. The summed E-state index contributed by atoms with van der Waals surface area (Å²) in [5.74, 6) is 0. The van der Waals surface area contributed by atoms with Gasteiger partial charge in [-0.05, 0) is 30.5 Å². The Morgan fingerprint density at radius 1 is 1.36 bits per heavy atom. The molecule has 0 fully saturated rings. The Hall–Kier alpha value is -0.300.